The maximum absolute atomic E-state index is 13.0. The second kappa shape index (κ2) is 9.70. The summed E-state index contributed by atoms with van der Waals surface area (Å²) in [5.74, 6) is -0.122. The molecule has 2 aromatic rings. The van der Waals surface area contributed by atoms with Crippen LogP contribution in [0.25, 0.3) is 0 Å². The van der Waals surface area contributed by atoms with E-state index in [1.54, 1.807) is 11.9 Å². The number of rotatable bonds is 7. The van der Waals surface area contributed by atoms with E-state index in [9.17, 15) is 9.59 Å². The van der Waals surface area contributed by atoms with E-state index in [1.807, 2.05) is 88.0 Å². The van der Waals surface area contributed by atoms with Gasteiger partial charge in [-0.05, 0) is 64.4 Å². The molecule has 0 atom stereocenters. The second-order valence-electron chi connectivity index (χ2n) is 8.60. The zero-order chi connectivity index (χ0) is 21.6. The number of carbonyl (C=O) groups is 2. The smallest absolute Gasteiger partial charge is 0.238 e. The van der Waals surface area contributed by atoms with E-state index in [1.165, 1.54) is 0 Å². The van der Waals surface area contributed by atoms with Crippen molar-refractivity contribution in [3.63, 3.8) is 0 Å². The Balaban J connectivity index is 1.98. The summed E-state index contributed by atoms with van der Waals surface area (Å²) in [7, 11) is 1.80. The fourth-order valence-corrected chi connectivity index (χ4v) is 3.16. The highest BCUT2D eigenvalue weighted by Crippen LogP contribution is 2.19. The maximum atomic E-state index is 13.0. The largest absolute Gasteiger partial charge is 0.332 e. The molecule has 2 aromatic carbocycles. The Bertz CT molecular complexity index is 841. The lowest BCUT2D eigenvalue weighted by atomic mass is 10.0. The molecule has 0 saturated carbocycles. The van der Waals surface area contributed by atoms with Crippen LogP contribution in [-0.4, -0.2) is 47.3 Å². The van der Waals surface area contributed by atoms with Crippen molar-refractivity contribution in [2.45, 2.75) is 46.7 Å². The van der Waals surface area contributed by atoms with Crippen LogP contribution >= 0.6 is 0 Å². The summed E-state index contributed by atoms with van der Waals surface area (Å²) in [6, 6.07) is 15.8. The van der Waals surface area contributed by atoms with Gasteiger partial charge in [0.15, 0.2) is 0 Å². The minimum absolute atomic E-state index is 0.00314. The number of hydrogen-bond acceptors (Lipinski definition) is 3. The number of nitrogens with one attached hydrogen (secondary N) is 1. The van der Waals surface area contributed by atoms with E-state index in [0.29, 0.717) is 6.54 Å². The SMILES string of the molecule is Cc1cccc(NC(=O)CN(C)CC(=O)N(Cc2ccccc2)C(C)(C)C)c1C. The summed E-state index contributed by atoms with van der Waals surface area (Å²) in [4.78, 5) is 29.1. The molecule has 1 N–H and O–H groups in total. The average molecular weight is 396 g/mol. The monoisotopic (exact) mass is 395 g/mol. The molecule has 5 nitrogen and oxygen atoms in total. The summed E-state index contributed by atoms with van der Waals surface area (Å²) in [6.45, 7) is 11.0. The van der Waals surface area contributed by atoms with Crippen molar-refractivity contribution in [2.24, 2.45) is 0 Å². The number of likely N-dealkylation sites (N-methyl/N-ethyl adjacent to an activating group) is 1. The topological polar surface area (TPSA) is 52.7 Å². The molecule has 5 heteroatoms. The first kappa shape index (κ1) is 22.6. The Hall–Kier alpha value is -2.66. The summed E-state index contributed by atoms with van der Waals surface area (Å²) in [5.41, 5.74) is 3.78. The molecule has 0 saturated heterocycles. The van der Waals surface area contributed by atoms with Crippen LogP contribution in [0.4, 0.5) is 5.69 Å². The molecule has 0 aliphatic rings. The molecule has 0 aliphatic carbocycles. The van der Waals surface area contributed by atoms with Gasteiger partial charge in [0.25, 0.3) is 0 Å². The lowest BCUT2D eigenvalue weighted by molar-refractivity contribution is -0.137. The lowest BCUT2D eigenvalue weighted by Crippen LogP contribution is -2.49. The van der Waals surface area contributed by atoms with Crippen LogP contribution in [0.5, 0.6) is 0 Å². The molecular weight excluding hydrogens is 362 g/mol. The van der Waals surface area contributed by atoms with Gasteiger partial charge in [-0.15, -0.1) is 0 Å². The first-order valence-electron chi connectivity index (χ1n) is 9.97. The number of benzene rings is 2. The Labute approximate surface area is 174 Å². The first-order chi connectivity index (χ1) is 13.6. The third-order valence-corrected chi connectivity index (χ3v) is 4.99. The maximum Gasteiger partial charge on any atom is 0.238 e. The van der Waals surface area contributed by atoms with Crippen LogP contribution in [0.15, 0.2) is 48.5 Å². The number of nitrogens with zero attached hydrogens (tertiary/aromatic N) is 2. The highest BCUT2D eigenvalue weighted by atomic mass is 16.2. The molecule has 156 valence electrons. The molecule has 0 bridgehead atoms. The van der Waals surface area contributed by atoms with Gasteiger partial charge in [-0.25, -0.2) is 0 Å². The van der Waals surface area contributed by atoms with Crippen LogP contribution < -0.4 is 5.32 Å². The Kier molecular flexibility index (Phi) is 7.57. The molecule has 0 fully saturated rings. The third-order valence-electron chi connectivity index (χ3n) is 4.99. The zero-order valence-electron chi connectivity index (χ0n) is 18.5. The van der Waals surface area contributed by atoms with Gasteiger partial charge in [-0.1, -0.05) is 42.5 Å². The van der Waals surface area contributed by atoms with E-state index in [2.05, 4.69) is 5.32 Å². The van der Waals surface area contributed by atoms with Gasteiger partial charge in [0, 0.05) is 17.8 Å². The summed E-state index contributed by atoms with van der Waals surface area (Å²) in [6.07, 6.45) is 0. The van der Waals surface area contributed by atoms with Crippen molar-refractivity contribution in [2.75, 3.05) is 25.5 Å². The Morgan fingerprint density at radius 2 is 1.59 bits per heavy atom. The van der Waals surface area contributed by atoms with Gasteiger partial charge in [0.2, 0.25) is 11.8 Å². The van der Waals surface area contributed by atoms with Gasteiger partial charge in [0.05, 0.1) is 13.1 Å². The molecule has 0 aliphatic heterocycles. The van der Waals surface area contributed by atoms with Gasteiger partial charge >= 0.3 is 0 Å². The highest BCUT2D eigenvalue weighted by molar-refractivity contribution is 5.93. The lowest BCUT2D eigenvalue weighted by Gasteiger charge is -2.37. The minimum Gasteiger partial charge on any atom is -0.332 e. The van der Waals surface area contributed by atoms with E-state index >= 15 is 0 Å². The van der Waals surface area contributed by atoms with Crippen molar-refractivity contribution >= 4 is 17.5 Å². The molecule has 29 heavy (non-hydrogen) atoms. The van der Waals surface area contributed by atoms with E-state index < -0.39 is 0 Å². The van der Waals surface area contributed by atoms with Crippen LogP contribution in [0.3, 0.4) is 0 Å². The molecule has 0 spiro atoms. The van der Waals surface area contributed by atoms with Crippen LogP contribution in [-0.2, 0) is 16.1 Å². The predicted octanol–water partition coefficient (Wildman–Crippen LogP) is 4.00. The van der Waals surface area contributed by atoms with Gasteiger partial charge < -0.3 is 10.2 Å². The molecule has 0 unspecified atom stereocenters. The number of amides is 2. The third kappa shape index (κ3) is 6.71. The fourth-order valence-electron chi connectivity index (χ4n) is 3.16. The molecule has 0 radical (unpaired) electrons. The first-order valence-corrected chi connectivity index (χ1v) is 9.97. The van der Waals surface area contributed by atoms with E-state index in [4.69, 9.17) is 0 Å². The van der Waals surface area contributed by atoms with Gasteiger partial charge in [0.1, 0.15) is 0 Å². The predicted molar refractivity (Wildman–Crippen MR) is 119 cm³/mol. The molecule has 2 amide bonds. The molecule has 0 aromatic heterocycles. The normalized spacial score (nSPS) is 11.4. The van der Waals surface area contributed by atoms with Gasteiger partial charge in [-0.2, -0.15) is 0 Å². The molecular formula is C24H33N3O2. The molecule has 2 rings (SSSR count). The number of hydrogen-bond donors (Lipinski definition) is 1. The summed E-state index contributed by atoms with van der Waals surface area (Å²) >= 11 is 0. The minimum atomic E-state index is -0.311. The summed E-state index contributed by atoms with van der Waals surface area (Å²) < 4.78 is 0. The van der Waals surface area contributed by atoms with Crippen LogP contribution in [0.1, 0.15) is 37.5 Å². The van der Waals surface area contributed by atoms with Crippen molar-refractivity contribution in [1.82, 2.24) is 9.80 Å². The molecule has 0 heterocycles. The zero-order valence-corrected chi connectivity index (χ0v) is 18.5. The quantitative estimate of drug-likeness (QED) is 0.771. The second-order valence-corrected chi connectivity index (χ2v) is 8.60. The van der Waals surface area contributed by atoms with Crippen LogP contribution in [0, 0.1) is 13.8 Å². The van der Waals surface area contributed by atoms with Crippen molar-refractivity contribution in [3.8, 4) is 0 Å². The van der Waals surface area contributed by atoms with E-state index in [0.717, 1.165) is 22.4 Å². The number of aryl methyl sites for hydroxylation is 1. The fraction of sp³-hybridized carbons (Fsp3) is 0.417. The standard InChI is InChI=1S/C24H33N3O2/c1-18-11-10-14-21(19(18)2)25-22(28)16-26(6)17-23(29)27(24(3,4)5)15-20-12-8-7-9-13-20/h7-14H,15-17H2,1-6H3,(H,25,28). The van der Waals surface area contributed by atoms with Crippen molar-refractivity contribution < 1.29 is 9.59 Å². The van der Waals surface area contributed by atoms with Crippen molar-refractivity contribution in [1.29, 1.82) is 0 Å². The summed E-state index contributed by atoms with van der Waals surface area (Å²) in [5, 5.41) is 2.95. The Morgan fingerprint density at radius 3 is 2.21 bits per heavy atom. The number of anilines is 1. The average Bonchev–Trinajstić information content (AvgIpc) is 2.63. The van der Waals surface area contributed by atoms with Crippen LogP contribution in [0.2, 0.25) is 0 Å². The highest BCUT2D eigenvalue weighted by Gasteiger charge is 2.27. The Morgan fingerprint density at radius 1 is 0.931 bits per heavy atom. The number of carbonyl (C=O) groups excluding carboxylic acids is 2. The van der Waals surface area contributed by atoms with Gasteiger partial charge in [-0.3, -0.25) is 14.5 Å². The van der Waals surface area contributed by atoms with Crippen molar-refractivity contribution in [3.05, 3.63) is 65.2 Å². The van der Waals surface area contributed by atoms with E-state index in [-0.39, 0.29) is 30.4 Å².